The van der Waals surface area contributed by atoms with E-state index in [-0.39, 0.29) is 5.41 Å². The van der Waals surface area contributed by atoms with Crippen LogP contribution in [0.15, 0.2) is 189 Å². The molecule has 0 radical (unpaired) electrons. The first-order valence-corrected chi connectivity index (χ1v) is 31.6. The maximum Gasteiger partial charge on any atom is 0.0775 e. The van der Waals surface area contributed by atoms with Gasteiger partial charge in [-0.25, -0.2) is 0 Å². The summed E-state index contributed by atoms with van der Waals surface area (Å²) in [4.78, 5) is 5.11. The standard InChI is InChI=1S/C65H68N2Si2/c1-14-15-17-22-44(2)55-25-20-27-59(45(55)3)66(51-31-35-53(36-32-51)68(8,9)10)61-43-62(58-40-30-49-42-50(65(5,6)7)41-48-29-39-57(61)64(58)63(48)49)67(52-33-37-54(38-34-52)69(11,12)13)60-28-21-26-56(46(60)4)47-23-18-16-19-24-47/h14-43H,1H2,2-13H3/b17-15-,44-22+. The number of nitrogens with zero attached hydrogens (tertiary/aromatic N) is 2. The molecule has 0 amide bonds. The van der Waals surface area contributed by atoms with Crippen LogP contribution in [0.2, 0.25) is 39.3 Å². The zero-order valence-electron chi connectivity index (χ0n) is 42.9. The summed E-state index contributed by atoms with van der Waals surface area (Å²) in [6.45, 7) is 32.3. The molecule has 9 aromatic carbocycles. The molecule has 0 spiro atoms. The van der Waals surface area contributed by atoms with Crippen molar-refractivity contribution < 1.29 is 0 Å². The first-order valence-electron chi connectivity index (χ1n) is 24.6. The van der Waals surface area contributed by atoms with Crippen molar-refractivity contribution in [3.05, 3.63) is 211 Å². The topological polar surface area (TPSA) is 6.48 Å². The molecule has 0 aliphatic rings. The molecule has 0 unspecified atom stereocenters. The Morgan fingerprint density at radius 1 is 0.507 bits per heavy atom. The highest BCUT2D eigenvalue weighted by Gasteiger charge is 2.28. The predicted octanol–water partition coefficient (Wildman–Crippen LogP) is 18.3. The largest absolute Gasteiger partial charge is 0.310 e. The third kappa shape index (κ3) is 9.05. The van der Waals surface area contributed by atoms with Crippen LogP contribution in [-0.2, 0) is 5.41 Å². The summed E-state index contributed by atoms with van der Waals surface area (Å²) in [7, 11) is -3.20. The molecule has 0 bridgehead atoms. The predicted molar refractivity (Wildman–Crippen MR) is 312 cm³/mol. The highest BCUT2D eigenvalue weighted by Crippen LogP contribution is 2.52. The molecule has 0 saturated heterocycles. The van der Waals surface area contributed by atoms with E-state index >= 15 is 0 Å². The maximum absolute atomic E-state index is 3.92. The van der Waals surface area contributed by atoms with Gasteiger partial charge in [0.1, 0.15) is 0 Å². The van der Waals surface area contributed by atoms with Crippen molar-refractivity contribution in [1.82, 2.24) is 0 Å². The van der Waals surface area contributed by atoms with Crippen molar-refractivity contribution in [2.45, 2.75) is 86.2 Å². The third-order valence-corrected chi connectivity index (χ3v) is 18.3. The molecule has 0 aliphatic heterocycles. The lowest BCUT2D eigenvalue weighted by molar-refractivity contribution is 0.591. The van der Waals surface area contributed by atoms with Crippen LogP contribution in [0.25, 0.3) is 49.0 Å². The van der Waals surface area contributed by atoms with Gasteiger partial charge in [0.15, 0.2) is 0 Å². The lowest BCUT2D eigenvalue weighted by Crippen LogP contribution is -2.37. The van der Waals surface area contributed by atoms with Gasteiger partial charge in [0.05, 0.1) is 27.5 Å². The van der Waals surface area contributed by atoms with Gasteiger partial charge in [-0.1, -0.05) is 217 Å². The molecule has 0 saturated carbocycles. The molecule has 0 atom stereocenters. The Balaban J connectivity index is 1.44. The van der Waals surface area contributed by atoms with Crippen molar-refractivity contribution in [1.29, 1.82) is 0 Å². The molecule has 69 heavy (non-hydrogen) atoms. The van der Waals surface area contributed by atoms with Crippen LogP contribution in [0.5, 0.6) is 0 Å². The Kier molecular flexibility index (Phi) is 12.6. The Labute approximate surface area is 414 Å². The molecule has 0 heterocycles. The van der Waals surface area contributed by atoms with E-state index in [1.54, 1.807) is 0 Å². The summed E-state index contributed by atoms with van der Waals surface area (Å²) in [6.07, 6.45) is 8.10. The van der Waals surface area contributed by atoms with Crippen LogP contribution in [0.3, 0.4) is 0 Å². The summed E-state index contributed by atoms with van der Waals surface area (Å²) < 4.78 is 0. The van der Waals surface area contributed by atoms with E-state index in [0.29, 0.717) is 0 Å². The normalized spacial score (nSPS) is 12.7. The van der Waals surface area contributed by atoms with Gasteiger partial charge in [-0.3, -0.25) is 0 Å². The minimum Gasteiger partial charge on any atom is -0.310 e. The second-order valence-electron chi connectivity index (χ2n) is 22.1. The van der Waals surface area contributed by atoms with E-state index in [2.05, 4.69) is 267 Å². The Hall–Kier alpha value is -6.73. The third-order valence-electron chi connectivity index (χ3n) is 14.2. The minimum absolute atomic E-state index is 0.00356. The number of benzene rings is 9. The van der Waals surface area contributed by atoms with Crippen LogP contribution in [-0.4, -0.2) is 16.1 Å². The van der Waals surface area contributed by atoms with E-state index < -0.39 is 16.1 Å². The van der Waals surface area contributed by atoms with E-state index in [4.69, 9.17) is 0 Å². The molecule has 4 heteroatoms. The molecule has 0 N–H and O–H groups in total. The van der Waals surface area contributed by atoms with Gasteiger partial charge >= 0.3 is 0 Å². The molecule has 9 aromatic rings. The number of allylic oxidation sites excluding steroid dienone is 5. The average molecular weight is 933 g/mol. The van der Waals surface area contributed by atoms with Gasteiger partial charge < -0.3 is 9.80 Å². The minimum atomic E-state index is -1.60. The molecule has 346 valence electrons. The van der Waals surface area contributed by atoms with Crippen molar-refractivity contribution in [3.63, 3.8) is 0 Å². The lowest BCUT2D eigenvalue weighted by Gasteiger charge is -2.34. The summed E-state index contributed by atoms with van der Waals surface area (Å²) in [5, 5.41) is 10.4. The number of hydrogen-bond donors (Lipinski definition) is 0. The van der Waals surface area contributed by atoms with Crippen LogP contribution >= 0.6 is 0 Å². The fourth-order valence-electron chi connectivity index (χ4n) is 10.2. The summed E-state index contributed by atoms with van der Waals surface area (Å²) in [5.74, 6) is 0. The Morgan fingerprint density at radius 2 is 1.01 bits per heavy atom. The van der Waals surface area contributed by atoms with Crippen molar-refractivity contribution in [2.24, 2.45) is 0 Å². The van der Waals surface area contributed by atoms with Crippen LogP contribution in [0.1, 0.15) is 49.9 Å². The van der Waals surface area contributed by atoms with E-state index in [0.717, 1.165) is 34.1 Å². The van der Waals surface area contributed by atoms with Gasteiger partial charge in [-0.2, -0.15) is 0 Å². The molecule has 0 fully saturated rings. The van der Waals surface area contributed by atoms with Gasteiger partial charge in [0.2, 0.25) is 0 Å². The molecule has 2 nitrogen and oxygen atoms in total. The quantitative estimate of drug-likeness (QED) is 0.0684. The zero-order valence-corrected chi connectivity index (χ0v) is 44.9. The van der Waals surface area contributed by atoms with E-state index in [9.17, 15) is 0 Å². The molecule has 0 aromatic heterocycles. The maximum atomic E-state index is 3.92. The molecular formula is C65H68N2Si2. The van der Waals surface area contributed by atoms with Gasteiger partial charge in [0.25, 0.3) is 0 Å². The van der Waals surface area contributed by atoms with Crippen molar-refractivity contribution >= 4 is 98.5 Å². The fourth-order valence-corrected chi connectivity index (χ4v) is 12.5. The van der Waals surface area contributed by atoms with E-state index in [1.165, 1.54) is 81.6 Å². The number of hydrogen-bond acceptors (Lipinski definition) is 2. The first kappa shape index (κ1) is 47.3. The van der Waals surface area contributed by atoms with Crippen molar-refractivity contribution in [3.8, 4) is 11.1 Å². The number of anilines is 6. The average Bonchev–Trinajstić information content (AvgIpc) is 3.32. The van der Waals surface area contributed by atoms with Gasteiger partial charge in [-0.15, -0.1) is 0 Å². The summed E-state index contributed by atoms with van der Waals surface area (Å²) >= 11 is 0. The Morgan fingerprint density at radius 3 is 1.51 bits per heavy atom. The van der Waals surface area contributed by atoms with Crippen molar-refractivity contribution in [2.75, 3.05) is 9.80 Å². The fraction of sp³-hybridized carbons (Fsp3) is 0.200. The highest BCUT2D eigenvalue weighted by atomic mass is 28.3. The molecular weight excluding hydrogens is 865 g/mol. The zero-order chi connectivity index (χ0) is 49.0. The van der Waals surface area contributed by atoms with Crippen LogP contribution < -0.4 is 20.2 Å². The van der Waals surface area contributed by atoms with Gasteiger partial charge in [0, 0.05) is 38.9 Å². The van der Waals surface area contributed by atoms with E-state index in [1.807, 2.05) is 12.2 Å². The second kappa shape index (κ2) is 18.3. The lowest BCUT2D eigenvalue weighted by atomic mass is 9.83. The second-order valence-corrected chi connectivity index (χ2v) is 32.2. The van der Waals surface area contributed by atoms with Crippen LogP contribution in [0, 0.1) is 13.8 Å². The van der Waals surface area contributed by atoms with Gasteiger partial charge in [-0.05, 0) is 124 Å². The first-order chi connectivity index (χ1) is 32.8. The summed E-state index contributed by atoms with van der Waals surface area (Å²) in [6, 6.07) is 60.4. The Bertz CT molecular complexity index is 3390. The summed E-state index contributed by atoms with van der Waals surface area (Å²) in [5.41, 5.74) is 15.5. The van der Waals surface area contributed by atoms with Crippen LogP contribution in [0.4, 0.5) is 34.1 Å². The molecule has 0 aliphatic carbocycles. The SMILES string of the molecule is C=C/C=C\C=C(/C)c1cccc(N(c2ccc([Si](C)(C)C)cc2)c2cc(N(c3ccc([Si](C)(C)C)cc3)c3cccc(-c4ccccc4)c3C)c3ccc4cc(C(C)(C)C)cc5ccc2c3c54)c1C. The molecule has 9 rings (SSSR count). The smallest absolute Gasteiger partial charge is 0.0775 e. The monoisotopic (exact) mass is 932 g/mol. The number of rotatable bonds is 12. The highest BCUT2D eigenvalue weighted by molar-refractivity contribution is 6.89.